The fourth-order valence-electron chi connectivity index (χ4n) is 3.56. The molecule has 1 spiro atoms. The highest BCUT2D eigenvalue weighted by Crippen LogP contribution is 2.39. The normalized spacial score (nSPS) is 23.8. The molecule has 0 aliphatic carbocycles. The predicted molar refractivity (Wildman–Crippen MR) is 77.1 cm³/mol. The van der Waals surface area contributed by atoms with Gasteiger partial charge in [-0.3, -0.25) is 4.90 Å². The second-order valence-corrected chi connectivity index (χ2v) is 6.25. The Bertz CT molecular complexity index is 397. The molecule has 3 nitrogen and oxygen atoms in total. The van der Waals surface area contributed by atoms with E-state index in [4.69, 9.17) is 4.42 Å². The van der Waals surface area contributed by atoms with Crippen LogP contribution >= 0.6 is 0 Å². The first-order valence-electron chi connectivity index (χ1n) is 7.80. The van der Waals surface area contributed by atoms with Gasteiger partial charge in [0.2, 0.25) is 0 Å². The number of furan rings is 1. The summed E-state index contributed by atoms with van der Waals surface area (Å²) in [4.78, 5) is 2.56. The molecule has 3 heteroatoms. The number of hydrogen-bond acceptors (Lipinski definition) is 3. The Hall–Kier alpha value is -0.800. The number of aryl methyl sites for hydroxylation is 1. The molecule has 0 atom stereocenters. The average molecular weight is 262 g/mol. The molecule has 1 N–H and O–H groups in total. The smallest absolute Gasteiger partial charge is 0.118 e. The maximum atomic E-state index is 5.82. The van der Waals surface area contributed by atoms with Crippen LogP contribution in [0, 0.1) is 5.41 Å². The summed E-state index contributed by atoms with van der Waals surface area (Å²) in [6, 6.07) is 4.27. The highest BCUT2D eigenvalue weighted by Gasteiger charge is 2.35. The van der Waals surface area contributed by atoms with E-state index in [-0.39, 0.29) is 0 Å². The van der Waals surface area contributed by atoms with E-state index in [2.05, 4.69) is 29.3 Å². The molecule has 3 rings (SSSR count). The van der Waals surface area contributed by atoms with Crippen LogP contribution in [0.2, 0.25) is 0 Å². The Balaban J connectivity index is 1.52. The summed E-state index contributed by atoms with van der Waals surface area (Å²) in [6.07, 6.45) is 6.49. The number of piperidine rings is 2. The third-order valence-corrected chi connectivity index (χ3v) is 5.03. The van der Waals surface area contributed by atoms with Gasteiger partial charge in [-0.25, -0.2) is 0 Å². The van der Waals surface area contributed by atoms with E-state index in [1.54, 1.807) is 0 Å². The van der Waals surface area contributed by atoms with E-state index in [1.807, 2.05) is 0 Å². The van der Waals surface area contributed by atoms with Crippen molar-refractivity contribution in [2.75, 3.05) is 26.2 Å². The van der Waals surface area contributed by atoms with Crippen molar-refractivity contribution in [2.45, 2.75) is 45.6 Å². The average Bonchev–Trinajstić information content (AvgIpc) is 2.90. The number of likely N-dealkylation sites (tertiary alicyclic amines) is 1. The van der Waals surface area contributed by atoms with Gasteiger partial charge >= 0.3 is 0 Å². The molecule has 2 fully saturated rings. The van der Waals surface area contributed by atoms with Gasteiger partial charge in [-0.2, -0.15) is 0 Å². The zero-order chi connectivity index (χ0) is 13.1. The predicted octanol–water partition coefficient (Wildman–Crippen LogP) is 2.81. The van der Waals surface area contributed by atoms with Gasteiger partial charge in [0.15, 0.2) is 0 Å². The fourth-order valence-corrected chi connectivity index (χ4v) is 3.56. The molecule has 0 saturated carbocycles. The lowest BCUT2D eigenvalue weighted by molar-refractivity contribution is 0.0664. The maximum Gasteiger partial charge on any atom is 0.118 e. The van der Waals surface area contributed by atoms with Crippen LogP contribution in [0.15, 0.2) is 16.5 Å². The lowest BCUT2D eigenvalue weighted by Crippen LogP contribution is -2.45. The number of nitrogens with zero attached hydrogens (tertiary/aromatic N) is 1. The van der Waals surface area contributed by atoms with Crippen molar-refractivity contribution in [2.24, 2.45) is 5.41 Å². The Morgan fingerprint density at radius 3 is 2.42 bits per heavy atom. The van der Waals surface area contributed by atoms with Crippen LogP contribution in [0.3, 0.4) is 0 Å². The minimum Gasteiger partial charge on any atom is -0.465 e. The first-order valence-corrected chi connectivity index (χ1v) is 7.80. The van der Waals surface area contributed by atoms with E-state index in [0.29, 0.717) is 5.41 Å². The van der Waals surface area contributed by atoms with Gasteiger partial charge in [-0.05, 0) is 69.4 Å². The summed E-state index contributed by atoms with van der Waals surface area (Å²) in [5.74, 6) is 2.25. The molecule has 0 bridgehead atoms. The summed E-state index contributed by atoms with van der Waals surface area (Å²) >= 11 is 0. The molecule has 1 aromatic heterocycles. The molecule has 0 aromatic carbocycles. The minimum atomic E-state index is 0.652. The van der Waals surface area contributed by atoms with E-state index < -0.39 is 0 Å². The zero-order valence-electron chi connectivity index (χ0n) is 12.1. The van der Waals surface area contributed by atoms with Gasteiger partial charge in [0.25, 0.3) is 0 Å². The van der Waals surface area contributed by atoms with Gasteiger partial charge in [0.05, 0.1) is 6.54 Å². The fraction of sp³-hybridized carbons (Fsp3) is 0.750. The van der Waals surface area contributed by atoms with Gasteiger partial charge in [0.1, 0.15) is 11.5 Å². The third kappa shape index (κ3) is 3.03. The summed E-state index contributed by atoms with van der Waals surface area (Å²) in [5.41, 5.74) is 0.652. The molecular weight excluding hydrogens is 236 g/mol. The van der Waals surface area contributed by atoms with Crippen LogP contribution in [-0.2, 0) is 13.0 Å². The highest BCUT2D eigenvalue weighted by molar-refractivity contribution is 5.07. The lowest BCUT2D eigenvalue weighted by atomic mass is 9.71. The lowest BCUT2D eigenvalue weighted by Gasteiger charge is -2.44. The molecule has 1 aromatic rings. The van der Waals surface area contributed by atoms with Crippen molar-refractivity contribution in [1.82, 2.24) is 10.2 Å². The molecule has 2 saturated heterocycles. The molecule has 0 radical (unpaired) electrons. The monoisotopic (exact) mass is 262 g/mol. The summed E-state index contributed by atoms with van der Waals surface area (Å²) in [5, 5.41) is 3.49. The molecule has 2 aliphatic rings. The molecule has 106 valence electrons. The first-order chi connectivity index (χ1) is 9.30. The summed E-state index contributed by atoms with van der Waals surface area (Å²) < 4.78 is 5.82. The van der Waals surface area contributed by atoms with Gasteiger partial charge < -0.3 is 9.73 Å². The molecular formula is C16H26N2O. The number of nitrogens with one attached hydrogen (secondary N) is 1. The van der Waals surface area contributed by atoms with E-state index in [0.717, 1.165) is 24.5 Å². The standard InChI is InChI=1S/C16H26N2O/c1-2-14-3-4-15(19-14)13-18-11-7-16(8-12-18)5-9-17-10-6-16/h3-4,17H,2,5-13H2,1H3. The van der Waals surface area contributed by atoms with Gasteiger partial charge in [-0.15, -0.1) is 0 Å². The van der Waals surface area contributed by atoms with E-state index in [9.17, 15) is 0 Å². The van der Waals surface area contributed by atoms with Crippen molar-refractivity contribution in [3.8, 4) is 0 Å². The van der Waals surface area contributed by atoms with Crippen molar-refractivity contribution in [3.63, 3.8) is 0 Å². The van der Waals surface area contributed by atoms with Crippen LogP contribution in [0.4, 0.5) is 0 Å². The van der Waals surface area contributed by atoms with Gasteiger partial charge in [-0.1, -0.05) is 6.92 Å². The van der Waals surface area contributed by atoms with Crippen molar-refractivity contribution < 1.29 is 4.42 Å². The Morgan fingerprint density at radius 2 is 1.79 bits per heavy atom. The van der Waals surface area contributed by atoms with Crippen LogP contribution < -0.4 is 5.32 Å². The van der Waals surface area contributed by atoms with E-state index in [1.165, 1.54) is 51.9 Å². The van der Waals surface area contributed by atoms with Crippen LogP contribution in [-0.4, -0.2) is 31.1 Å². The van der Waals surface area contributed by atoms with Crippen molar-refractivity contribution in [3.05, 3.63) is 23.7 Å². The number of hydrogen-bond donors (Lipinski definition) is 1. The third-order valence-electron chi connectivity index (χ3n) is 5.03. The SMILES string of the molecule is CCc1ccc(CN2CCC3(CCNCC3)CC2)o1. The van der Waals surface area contributed by atoms with Crippen molar-refractivity contribution >= 4 is 0 Å². The summed E-state index contributed by atoms with van der Waals surface area (Å²) in [7, 11) is 0. The molecule has 3 heterocycles. The second-order valence-electron chi connectivity index (χ2n) is 6.25. The van der Waals surface area contributed by atoms with Gasteiger partial charge in [0, 0.05) is 6.42 Å². The highest BCUT2D eigenvalue weighted by atomic mass is 16.3. The first kappa shape index (κ1) is 13.2. The Morgan fingerprint density at radius 1 is 1.11 bits per heavy atom. The molecule has 19 heavy (non-hydrogen) atoms. The molecule has 0 amide bonds. The molecule has 2 aliphatic heterocycles. The minimum absolute atomic E-state index is 0.652. The Labute approximate surface area is 116 Å². The number of rotatable bonds is 3. The van der Waals surface area contributed by atoms with Crippen molar-refractivity contribution in [1.29, 1.82) is 0 Å². The summed E-state index contributed by atoms with van der Waals surface area (Å²) in [6.45, 7) is 8.05. The molecule has 0 unspecified atom stereocenters. The van der Waals surface area contributed by atoms with Crippen LogP contribution in [0.5, 0.6) is 0 Å². The van der Waals surface area contributed by atoms with E-state index >= 15 is 0 Å². The van der Waals surface area contributed by atoms with Crippen LogP contribution in [0.1, 0.15) is 44.1 Å². The Kier molecular flexibility index (Phi) is 3.94. The van der Waals surface area contributed by atoms with Crippen LogP contribution in [0.25, 0.3) is 0 Å². The topological polar surface area (TPSA) is 28.4 Å². The zero-order valence-corrected chi connectivity index (χ0v) is 12.1. The maximum absolute atomic E-state index is 5.82. The quantitative estimate of drug-likeness (QED) is 0.908. The second kappa shape index (κ2) is 5.68. The largest absolute Gasteiger partial charge is 0.465 e.